The first-order valence-electron chi connectivity index (χ1n) is 6.19. The van der Waals surface area contributed by atoms with Crippen LogP contribution in [0, 0.1) is 0 Å². The quantitative estimate of drug-likeness (QED) is 0.511. The average molecular weight is 253 g/mol. The Morgan fingerprint density at radius 2 is 1.89 bits per heavy atom. The summed E-state index contributed by atoms with van der Waals surface area (Å²) in [5.74, 6) is 6.05. The molecule has 0 bridgehead atoms. The fraction of sp³-hybridized carbons (Fsp3) is 0.700. The van der Waals surface area contributed by atoms with Gasteiger partial charge in [0.1, 0.15) is 0 Å². The summed E-state index contributed by atoms with van der Waals surface area (Å²) >= 11 is 0. The Balaban J connectivity index is 2.07. The Kier molecular flexibility index (Phi) is 4.48. The van der Waals surface area contributed by atoms with Crippen LogP contribution in [-0.2, 0) is 0 Å². The molecule has 100 valence electrons. The molecule has 2 rings (SSSR count). The molecule has 8 heteroatoms. The number of hydrazine groups is 2. The number of ether oxygens (including phenoxy) is 1. The van der Waals surface area contributed by atoms with Crippen LogP contribution in [0.5, 0.6) is 6.01 Å². The Hall–Kier alpha value is -1.67. The predicted molar refractivity (Wildman–Crippen MR) is 67.9 cm³/mol. The third-order valence-corrected chi connectivity index (χ3v) is 2.63. The van der Waals surface area contributed by atoms with E-state index in [1.54, 1.807) is 0 Å². The van der Waals surface area contributed by atoms with E-state index in [1.165, 1.54) is 19.3 Å². The molecule has 0 saturated carbocycles. The molecule has 1 aliphatic heterocycles. The number of piperidine rings is 1. The van der Waals surface area contributed by atoms with Gasteiger partial charge in [-0.2, -0.15) is 15.0 Å². The van der Waals surface area contributed by atoms with Crippen LogP contribution in [0.4, 0.5) is 11.9 Å². The van der Waals surface area contributed by atoms with Crippen molar-refractivity contribution in [2.45, 2.75) is 26.2 Å². The second kappa shape index (κ2) is 6.31. The molecule has 1 aromatic rings. The minimum atomic E-state index is 0.264. The Labute approximate surface area is 106 Å². The second-order valence-corrected chi connectivity index (χ2v) is 4.00. The number of nitrogen functional groups attached to an aromatic ring is 1. The van der Waals surface area contributed by atoms with Crippen LogP contribution in [0.2, 0.25) is 0 Å². The van der Waals surface area contributed by atoms with Gasteiger partial charge in [0, 0.05) is 13.1 Å². The molecule has 0 aromatic carbocycles. The van der Waals surface area contributed by atoms with Crippen molar-refractivity contribution >= 4 is 11.9 Å². The van der Waals surface area contributed by atoms with Crippen LogP contribution in [0.25, 0.3) is 0 Å². The van der Waals surface area contributed by atoms with Gasteiger partial charge >= 0.3 is 6.01 Å². The van der Waals surface area contributed by atoms with Crippen LogP contribution in [0.3, 0.4) is 0 Å². The maximum absolute atomic E-state index is 5.32. The zero-order valence-electron chi connectivity index (χ0n) is 10.5. The highest BCUT2D eigenvalue weighted by atomic mass is 16.5. The van der Waals surface area contributed by atoms with Crippen LogP contribution in [0.15, 0.2) is 0 Å². The lowest BCUT2D eigenvalue weighted by Gasteiger charge is -2.26. The van der Waals surface area contributed by atoms with Crippen LogP contribution in [-0.4, -0.2) is 39.7 Å². The summed E-state index contributed by atoms with van der Waals surface area (Å²) in [7, 11) is 0. The van der Waals surface area contributed by atoms with Gasteiger partial charge in [0.2, 0.25) is 11.9 Å². The van der Waals surface area contributed by atoms with Crippen LogP contribution in [0.1, 0.15) is 26.2 Å². The molecule has 0 amide bonds. The summed E-state index contributed by atoms with van der Waals surface area (Å²) in [4.78, 5) is 12.3. The molecule has 0 unspecified atom stereocenters. The number of aromatic nitrogens is 3. The number of anilines is 2. The summed E-state index contributed by atoms with van der Waals surface area (Å²) in [5, 5.41) is 2.09. The standard InChI is InChI=1S/C10H19N7O/c1-2-18-10-13-8(15-11)12-9(14-10)16-17-6-4-3-5-7-17/h2-7,11H2,1H3,(H2,12,13,14,15,16). The lowest BCUT2D eigenvalue weighted by Crippen LogP contribution is -2.35. The zero-order chi connectivity index (χ0) is 12.8. The maximum Gasteiger partial charge on any atom is 0.323 e. The van der Waals surface area contributed by atoms with Gasteiger partial charge in [0.15, 0.2) is 0 Å². The molecule has 0 radical (unpaired) electrons. The van der Waals surface area contributed by atoms with E-state index in [4.69, 9.17) is 10.6 Å². The van der Waals surface area contributed by atoms with Gasteiger partial charge in [-0.1, -0.05) is 6.42 Å². The molecule has 2 heterocycles. The number of hydrogen-bond acceptors (Lipinski definition) is 8. The Morgan fingerprint density at radius 3 is 2.56 bits per heavy atom. The first-order valence-corrected chi connectivity index (χ1v) is 6.19. The third kappa shape index (κ3) is 3.41. The van der Waals surface area contributed by atoms with Crippen LogP contribution < -0.4 is 21.4 Å². The average Bonchev–Trinajstić information content (AvgIpc) is 2.40. The van der Waals surface area contributed by atoms with E-state index < -0.39 is 0 Å². The van der Waals surface area contributed by atoms with Crippen molar-refractivity contribution in [1.29, 1.82) is 0 Å². The normalized spacial score (nSPS) is 16.3. The molecule has 8 nitrogen and oxygen atoms in total. The number of nitrogens with one attached hydrogen (secondary N) is 2. The van der Waals surface area contributed by atoms with Gasteiger partial charge < -0.3 is 4.74 Å². The number of nitrogens with zero attached hydrogens (tertiary/aromatic N) is 4. The first kappa shape index (κ1) is 12.8. The van der Waals surface area contributed by atoms with Gasteiger partial charge in [0.05, 0.1) is 6.61 Å². The van der Waals surface area contributed by atoms with Gasteiger partial charge in [0.25, 0.3) is 0 Å². The number of rotatable bonds is 5. The minimum absolute atomic E-state index is 0.264. The van der Waals surface area contributed by atoms with E-state index in [-0.39, 0.29) is 12.0 Å². The van der Waals surface area contributed by atoms with Gasteiger partial charge in [-0.05, 0) is 19.8 Å². The van der Waals surface area contributed by atoms with E-state index in [2.05, 4.69) is 30.8 Å². The lowest BCUT2D eigenvalue weighted by molar-refractivity contribution is 0.269. The highest BCUT2D eigenvalue weighted by molar-refractivity contribution is 5.34. The fourth-order valence-electron chi connectivity index (χ4n) is 1.81. The highest BCUT2D eigenvalue weighted by Crippen LogP contribution is 2.13. The monoisotopic (exact) mass is 253 g/mol. The van der Waals surface area contributed by atoms with E-state index in [1.807, 2.05) is 6.92 Å². The molecule has 1 saturated heterocycles. The highest BCUT2D eigenvalue weighted by Gasteiger charge is 2.13. The molecule has 1 aromatic heterocycles. The van der Waals surface area contributed by atoms with Crippen molar-refractivity contribution in [1.82, 2.24) is 20.0 Å². The van der Waals surface area contributed by atoms with E-state index >= 15 is 0 Å². The molecular formula is C10H19N7O. The molecule has 0 spiro atoms. The lowest BCUT2D eigenvalue weighted by atomic mass is 10.2. The van der Waals surface area contributed by atoms with Crippen LogP contribution >= 0.6 is 0 Å². The van der Waals surface area contributed by atoms with Crippen molar-refractivity contribution in [3.63, 3.8) is 0 Å². The van der Waals surface area contributed by atoms with E-state index in [9.17, 15) is 0 Å². The Bertz CT molecular complexity index is 380. The first-order chi connectivity index (χ1) is 8.81. The maximum atomic E-state index is 5.32. The second-order valence-electron chi connectivity index (χ2n) is 4.00. The topological polar surface area (TPSA) is 101 Å². The molecule has 0 aliphatic carbocycles. The molecule has 4 N–H and O–H groups in total. The van der Waals surface area contributed by atoms with Crippen molar-refractivity contribution in [3.05, 3.63) is 0 Å². The van der Waals surface area contributed by atoms with Gasteiger partial charge in [-0.3, -0.25) is 10.9 Å². The summed E-state index contributed by atoms with van der Waals surface area (Å²) < 4.78 is 5.26. The molecule has 18 heavy (non-hydrogen) atoms. The van der Waals surface area contributed by atoms with Gasteiger partial charge in [-0.25, -0.2) is 10.9 Å². The number of hydrogen-bond donors (Lipinski definition) is 3. The van der Waals surface area contributed by atoms with E-state index in [0.29, 0.717) is 12.6 Å². The minimum Gasteiger partial charge on any atom is -0.464 e. The molecular weight excluding hydrogens is 234 g/mol. The molecule has 0 atom stereocenters. The summed E-state index contributed by atoms with van der Waals surface area (Å²) in [6.45, 7) is 4.34. The van der Waals surface area contributed by atoms with Crippen molar-refractivity contribution in [2.75, 3.05) is 30.5 Å². The summed E-state index contributed by atoms with van der Waals surface area (Å²) in [6.07, 6.45) is 3.63. The summed E-state index contributed by atoms with van der Waals surface area (Å²) in [5.41, 5.74) is 5.55. The fourth-order valence-corrected chi connectivity index (χ4v) is 1.81. The van der Waals surface area contributed by atoms with Crippen molar-refractivity contribution in [3.8, 4) is 6.01 Å². The molecule has 1 fully saturated rings. The zero-order valence-corrected chi connectivity index (χ0v) is 10.5. The van der Waals surface area contributed by atoms with Crippen molar-refractivity contribution in [2.24, 2.45) is 5.84 Å². The van der Waals surface area contributed by atoms with E-state index in [0.717, 1.165) is 13.1 Å². The molecule has 1 aliphatic rings. The SMILES string of the molecule is CCOc1nc(NN)nc(NN2CCCCC2)n1. The van der Waals surface area contributed by atoms with Crippen molar-refractivity contribution < 1.29 is 4.74 Å². The largest absolute Gasteiger partial charge is 0.464 e. The predicted octanol–water partition coefficient (Wildman–Crippen LogP) is 0.369. The van der Waals surface area contributed by atoms with Gasteiger partial charge in [-0.15, -0.1) is 0 Å². The third-order valence-electron chi connectivity index (χ3n) is 2.63. The number of nitrogens with two attached hydrogens (primary N) is 1. The Morgan fingerprint density at radius 1 is 1.17 bits per heavy atom. The summed E-state index contributed by atoms with van der Waals surface area (Å²) in [6, 6.07) is 0.264. The smallest absolute Gasteiger partial charge is 0.323 e.